The van der Waals surface area contributed by atoms with Gasteiger partial charge in [-0.25, -0.2) is 4.98 Å². The number of nitrogens with zero attached hydrogens (tertiary/aromatic N) is 3. The summed E-state index contributed by atoms with van der Waals surface area (Å²) in [5.41, 5.74) is 3.03. The van der Waals surface area contributed by atoms with Gasteiger partial charge in [0.1, 0.15) is 11.2 Å². The highest BCUT2D eigenvalue weighted by Crippen LogP contribution is 2.48. The zero-order chi connectivity index (χ0) is 20.3. The van der Waals surface area contributed by atoms with Gasteiger partial charge in [0.15, 0.2) is 5.69 Å². The van der Waals surface area contributed by atoms with Crippen molar-refractivity contribution in [1.29, 1.82) is 0 Å². The minimum atomic E-state index is -4.67. The van der Waals surface area contributed by atoms with Gasteiger partial charge in [-0.3, -0.25) is 0 Å². The topological polar surface area (TPSA) is 107 Å². The lowest BCUT2D eigenvalue weighted by atomic mass is 9.97. The molecule has 3 heterocycles. The molecule has 0 radical (unpaired) electrons. The predicted octanol–water partition coefficient (Wildman–Crippen LogP) is 3.53. The van der Waals surface area contributed by atoms with Crippen molar-refractivity contribution < 1.29 is 27.4 Å². The maximum atomic E-state index is 13.5. The van der Waals surface area contributed by atoms with E-state index >= 15 is 0 Å². The molecule has 0 aromatic carbocycles. The maximum absolute atomic E-state index is 13.5. The normalized spacial score (nSPS) is 30.1. The number of rotatable bonds is 0. The molecule has 28 heavy (non-hydrogen) atoms. The van der Waals surface area contributed by atoms with Gasteiger partial charge < -0.3 is 20.0 Å². The first-order chi connectivity index (χ1) is 13.0. The summed E-state index contributed by atoms with van der Waals surface area (Å²) >= 11 is 0. The number of aromatic nitrogens is 3. The quantitative estimate of drug-likeness (QED) is 0.699. The summed E-state index contributed by atoms with van der Waals surface area (Å²) < 4.78 is 51.5. The van der Waals surface area contributed by atoms with Crippen molar-refractivity contribution in [3.05, 3.63) is 17.5 Å². The van der Waals surface area contributed by atoms with Crippen molar-refractivity contribution in [3.8, 4) is 17.5 Å². The first-order valence-corrected chi connectivity index (χ1v) is 9.15. The molecule has 2 aromatic heterocycles. The third kappa shape index (κ3) is 3.52. The molecule has 1 saturated carbocycles. The van der Waals surface area contributed by atoms with Crippen molar-refractivity contribution in [1.82, 2.24) is 15.2 Å². The SMILES string of the molecule is C[C@@H]1CC2CC2CC[C@@](C)(O)c2nnc(o2)-c2nc(c(C(F)(F)F)cc2N)O1. The molecule has 1 aliphatic carbocycles. The van der Waals surface area contributed by atoms with E-state index in [0.29, 0.717) is 24.7 Å². The molecule has 0 amide bonds. The number of ether oxygens (including phenoxy) is 1. The van der Waals surface area contributed by atoms with E-state index in [1.165, 1.54) is 0 Å². The van der Waals surface area contributed by atoms with E-state index in [1.807, 2.05) is 0 Å². The molecule has 2 aromatic rings. The summed E-state index contributed by atoms with van der Waals surface area (Å²) in [7, 11) is 0. The van der Waals surface area contributed by atoms with Gasteiger partial charge in [0.05, 0.1) is 11.8 Å². The highest BCUT2D eigenvalue weighted by molar-refractivity contribution is 5.68. The Labute approximate surface area is 159 Å². The number of halogens is 3. The van der Waals surface area contributed by atoms with Crippen LogP contribution >= 0.6 is 0 Å². The number of fused-ring (bicyclic) bond motifs is 6. The minimum absolute atomic E-state index is 0.0197. The van der Waals surface area contributed by atoms with E-state index in [9.17, 15) is 18.3 Å². The van der Waals surface area contributed by atoms with E-state index in [1.54, 1.807) is 13.8 Å². The van der Waals surface area contributed by atoms with Crippen LogP contribution in [0.2, 0.25) is 0 Å². The summed E-state index contributed by atoms with van der Waals surface area (Å²) in [5, 5.41) is 18.4. The average molecular weight is 398 g/mol. The summed E-state index contributed by atoms with van der Waals surface area (Å²) in [6.07, 6.45) is -2.38. The number of anilines is 1. The van der Waals surface area contributed by atoms with Crippen LogP contribution in [0.5, 0.6) is 5.88 Å². The Morgan fingerprint density at radius 2 is 2.00 bits per heavy atom. The Hall–Kier alpha value is -2.36. The van der Waals surface area contributed by atoms with Crippen molar-refractivity contribution in [2.45, 2.75) is 57.4 Å². The third-order valence-corrected chi connectivity index (χ3v) is 5.43. The molecule has 152 valence electrons. The molecule has 1 aliphatic heterocycles. The van der Waals surface area contributed by atoms with E-state index in [0.717, 1.165) is 18.9 Å². The van der Waals surface area contributed by atoms with Crippen molar-refractivity contribution in [3.63, 3.8) is 0 Å². The van der Waals surface area contributed by atoms with E-state index in [2.05, 4.69) is 15.2 Å². The number of hydrogen-bond acceptors (Lipinski definition) is 7. The number of pyridine rings is 1. The van der Waals surface area contributed by atoms with Crippen LogP contribution < -0.4 is 10.5 Å². The van der Waals surface area contributed by atoms with Gasteiger partial charge in [0.25, 0.3) is 5.89 Å². The molecule has 3 N–H and O–H groups in total. The summed E-state index contributed by atoms with van der Waals surface area (Å²) in [6.45, 7) is 3.30. The number of nitrogens with two attached hydrogens (primary N) is 1. The molecule has 4 atom stereocenters. The Morgan fingerprint density at radius 3 is 2.71 bits per heavy atom. The van der Waals surface area contributed by atoms with Crippen LogP contribution in [0.25, 0.3) is 11.6 Å². The van der Waals surface area contributed by atoms with Crippen molar-refractivity contribution in [2.75, 3.05) is 5.73 Å². The van der Waals surface area contributed by atoms with Crippen LogP contribution in [0.15, 0.2) is 10.5 Å². The molecule has 10 heteroatoms. The molecule has 2 unspecified atom stereocenters. The zero-order valence-corrected chi connectivity index (χ0v) is 15.5. The third-order valence-electron chi connectivity index (χ3n) is 5.43. The Kier molecular flexibility index (Phi) is 4.29. The second kappa shape index (κ2) is 6.33. The summed E-state index contributed by atoms with van der Waals surface area (Å²) in [5.74, 6) is -0.0199. The van der Waals surface area contributed by atoms with E-state index < -0.39 is 29.3 Å². The van der Waals surface area contributed by atoms with Gasteiger partial charge in [-0.05, 0) is 57.4 Å². The van der Waals surface area contributed by atoms with Crippen LogP contribution in [0.1, 0.15) is 51.0 Å². The van der Waals surface area contributed by atoms with Crippen LogP contribution in [0, 0.1) is 11.8 Å². The Morgan fingerprint density at radius 1 is 1.25 bits per heavy atom. The van der Waals surface area contributed by atoms with Gasteiger partial charge in [-0.2, -0.15) is 13.2 Å². The molecule has 0 spiro atoms. The summed E-state index contributed by atoms with van der Waals surface area (Å²) in [6, 6.07) is 0.762. The number of nitrogen functional groups attached to an aromatic ring is 1. The van der Waals surface area contributed by atoms with E-state index in [4.69, 9.17) is 14.9 Å². The fraction of sp³-hybridized carbons (Fsp3) is 0.611. The smallest absolute Gasteiger partial charge is 0.421 e. The second-order valence-corrected chi connectivity index (χ2v) is 7.92. The van der Waals surface area contributed by atoms with Gasteiger partial charge in [-0.15, -0.1) is 10.2 Å². The molecule has 0 saturated heterocycles. The lowest BCUT2D eigenvalue weighted by Gasteiger charge is -2.20. The van der Waals surface area contributed by atoms with Crippen LogP contribution in [-0.2, 0) is 11.8 Å². The zero-order valence-electron chi connectivity index (χ0n) is 15.5. The lowest BCUT2D eigenvalue weighted by Crippen LogP contribution is -2.22. The maximum Gasteiger partial charge on any atom is 0.421 e. The monoisotopic (exact) mass is 398 g/mol. The van der Waals surface area contributed by atoms with Crippen LogP contribution in [-0.4, -0.2) is 26.4 Å². The first kappa shape index (κ1) is 19.0. The van der Waals surface area contributed by atoms with Gasteiger partial charge >= 0.3 is 6.18 Å². The molecule has 7 nitrogen and oxygen atoms in total. The first-order valence-electron chi connectivity index (χ1n) is 9.15. The largest absolute Gasteiger partial charge is 0.474 e. The number of hydrogen-bond donors (Lipinski definition) is 2. The Bertz CT molecular complexity index is 897. The highest BCUT2D eigenvalue weighted by atomic mass is 19.4. The van der Waals surface area contributed by atoms with Gasteiger partial charge in [0.2, 0.25) is 11.8 Å². The molecular formula is C18H21F3N4O3. The molecular weight excluding hydrogens is 377 g/mol. The van der Waals surface area contributed by atoms with Gasteiger partial charge in [-0.1, -0.05) is 0 Å². The predicted molar refractivity (Wildman–Crippen MR) is 92.1 cm³/mol. The molecule has 2 aliphatic rings. The highest BCUT2D eigenvalue weighted by Gasteiger charge is 2.42. The number of alkyl halides is 3. The molecule has 4 bridgehead atoms. The fourth-order valence-corrected chi connectivity index (χ4v) is 3.70. The van der Waals surface area contributed by atoms with Gasteiger partial charge in [0, 0.05) is 0 Å². The average Bonchev–Trinajstić information content (AvgIpc) is 3.12. The van der Waals surface area contributed by atoms with E-state index in [-0.39, 0.29) is 23.2 Å². The molecule has 4 rings (SSSR count). The minimum Gasteiger partial charge on any atom is -0.474 e. The lowest BCUT2D eigenvalue weighted by molar-refractivity contribution is -0.139. The van der Waals surface area contributed by atoms with Crippen molar-refractivity contribution in [2.24, 2.45) is 11.8 Å². The fourth-order valence-electron chi connectivity index (χ4n) is 3.70. The van der Waals surface area contributed by atoms with Crippen LogP contribution in [0.4, 0.5) is 18.9 Å². The molecule has 1 fully saturated rings. The standard InChI is InChI=1S/C18H21F3N4O3/c1-8-5-10-6-9(10)3-4-17(2,26)16-25-24-15(28-16)13-12(22)7-11(18(19,20)21)14(23-13)27-8/h7-10,26H,3-6,22H2,1-2H3/t8-,9?,10?,17-/m1/s1. The van der Waals surface area contributed by atoms with Crippen LogP contribution in [0.3, 0.4) is 0 Å². The number of aliphatic hydroxyl groups is 1. The second-order valence-electron chi connectivity index (χ2n) is 7.92. The summed E-state index contributed by atoms with van der Waals surface area (Å²) in [4.78, 5) is 3.96. The van der Waals surface area contributed by atoms with Crippen molar-refractivity contribution >= 4 is 5.69 Å². The Balaban J connectivity index is 1.82.